The third kappa shape index (κ3) is 5.21. The third-order valence-electron chi connectivity index (χ3n) is 6.35. The number of carbonyl (C=O) groups excluding carboxylic acids is 1. The van der Waals surface area contributed by atoms with E-state index in [1.807, 2.05) is 97.9 Å². The van der Waals surface area contributed by atoms with Crippen LogP contribution in [0.4, 0.5) is 0 Å². The Kier molecular flexibility index (Phi) is 6.69. The summed E-state index contributed by atoms with van der Waals surface area (Å²) in [7, 11) is 0. The van der Waals surface area contributed by atoms with Crippen LogP contribution in [-0.2, 0) is 0 Å². The maximum atomic E-state index is 13.6. The minimum Gasteiger partial charge on any atom is -0.289 e. The van der Waals surface area contributed by atoms with E-state index in [1.54, 1.807) is 6.20 Å². The monoisotopic (exact) mass is 478 g/mol. The second-order valence-electron chi connectivity index (χ2n) is 8.98. The van der Waals surface area contributed by atoms with Gasteiger partial charge in [-0.1, -0.05) is 72.8 Å². The molecule has 0 radical (unpaired) electrons. The van der Waals surface area contributed by atoms with Gasteiger partial charge in [0.25, 0.3) is 0 Å². The molecule has 178 valence electrons. The first-order chi connectivity index (χ1) is 18.0. The summed E-state index contributed by atoms with van der Waals surface area (Å²) in [6, 6.07) is 35.9. The molecule has 5 aromatic rings. The Morgan fingerprint density at radius 2 is 1.27 bits per heavy atom. The van der Waals surface area contributed by atoms with Gasteiger partial charge in [-0.25, -0.2) is 0 Å². The van der Waals surface area contributed by atoms with E-state index in [9.17, 15) is 4.79 Å². The number of hydrogen-bond donors (Lipinski definition) is 0. The van der Waals surface area contributed by atoms with Gasteiger partial charge in [-0.05, 0) is 84.4 Å². The molecule has 0 saturated carbocycles. The highest BCUT2D eigenvalue weighted by Crippen LogP contribution is 2.32. The molecule has 5 rings (SSSR count). The molecule has 0 unspecified atom stereocenters. The molecule has 0 amide bonds. The van der Waals surface area contributed by atoms with Gasteiger partial charge in [0.1, 0.15) is 0 Å². The molecule has 4 aromatic carbocycles. The fourth-order valence-corrected chi connectivity index (χ4v) is 4.41. The molecule has 1 aromatic heterocycles. The van der Waals surface area contributed by atoms with Crippen LogP contribution in [0.15, 0.2) is 127 Å². The first-order valence-electron chi connectivity index (χ1n) is 12.1. The fourth-order valence-electron chi connectivity index (χ4n) is 4.41. The van der Waals surface area contributed by atoms with E-state index in [4.69, 9.17) is 0 Å². The number of hydrogen-bond acceptors (Lipinski definition) is 3. The van der Waals surface area contributed by atoms with Crippen molar-refractivity contribution >= 4 is 18.2 Å². The summed E-state index contributed by atoms with van der Waals surface area (Å²) in [6.45, 7) is 9.59. The van der Waals surface area contributed by atoms with Crippen molar-refractivity contribution in [3.8, 4) is 33.5 Å². The molecular formula is C34H26N2O. The van der Waals surface area contributed by atoms with Gasteiger partial charge in [0.05, 0.1) is 11.4 Å². The molecular weight excluding hydrogens is 452 g/mol. The van der Waals surface area contributed by atoms with Gasteiger partial charge in [-0.3, -0.25) is 14.8 Å². The average molecular weight is 479 g/mol. The lowest BCUT2D eigenvalue weighted by Crippen LogP contribution is -2.02. The SMILES string of the molecule is C=NC(=C)c1cccc(-c2cc(C(=O)c3cccc(C)c3)cc(-c3cccc(-c4ccccn4)c3)c2)c1. The molecule has 0 spiro atoms. The normalized spacial score (nSPS) is 10.6. The van der Waals surface area contributed by atoms with E-state index >= 15 is 0 Å². The lowest BCUT2D eigenvalue weighted by atomic mass is 9.91. The highest BCUT2D eigenvalue weighted by molar-refractivity contribution is 6.10. The zero-order valence-electron chi connectivity index (χ0n) is 20.7. The summed E-state index contributed by atoms with van der Waals surface area (Å²) in [6.07, 6.45) is 1.79. The summed E-state index contributed by atoms with van der Waals surface area (Å²) in [4.78, 5) is 22.1. The maximum Gasteiger partial charge on any atom is 0.193 e. The summed E-state index contributed by atoms with van der Waals surface area (Å²) < 4.78 is 0. The van der Waals surface area contributed by atoms with Gasteiger partial charge in [0.2, 0.25) is 0 Å². The largest absolute Gasteiger partial charge is 0.289 e. The van der Waals surface area contributed by atoms with Crippen LogP contribution in [0.25, 0.3) is 39.2 Å². The van der Waals surface area contributed by atoms with Crippen molar-refractivity contribution in [3.63, 3.8) is 0 Å². The van der Waals surface area contributed by atoms with Gasteiger partial charge >= 0.3 is 0 Å². The number of aryl methyl sites for hydroxylation is 1. The third-order valence-corrected chi connectivity index (χ3v) is 6.35. The molecule has 0 aliphatic rings. The highest BCUT2D eigenvalue weighted by atomic mass is 16.1. The summed E-state index contributed by atoms with van der Waals surface area (Å²) in [5, 5.41) is 0. The summed E-state index contributed by atoms with van der Waals surface area (Å²) >= 11 is 0. The van der Waals surface area contributed by atoms with Crippen LogP contribution >= 0.6 is 0 Å². The van der Waals surface area contributed by atoms with E-state index in [1.165, 1.54) is 0 Å². The lowest BCUT2D eigenvalue weighted by Gasteiger charge is -2.13. The van der Waals surface area contributed by atoms with E-state index in [0.717, 1.165) is 44.6 Å². The van der Waals surface area contributed by atoms with Crippen LogP contribution in [0, 0.1) is 6.92 Å². The van der Waals surface area contributed by atoms with E-state index in [0.29, 0.717) is 16.8 Å². The zero-order valence-corrected chi connectivity index (χ0v) is 20.7. The predicted octanol–water partition coefficient (Wildman–Crippen LogP) is 8.29. The smallest absolute Gasteiger partial charge is 0.193 e. The zero-order chi connectivity index (χ0) is 25.8. The van der Waals surface area contributed by atoms with Gasteiger partial charge < -0.3 is 0 Å². The maximum absolute atomic E-state index is 13.6. The molecule has 0 aliphatic heterocycles. The number of rotatable bonds is 7. The Morgan fingerprint density at radius 1 is 0.649 bits per heavy atom. The molecule has 0 N–H and O–H groups in total. The van der Waals surface area contributed by atoms with Crippen LogP contribution in [0.5, 0.6) is 0 Å². The highest BCUT2D eigenvalue weighted by Gasteiger charge is 2.14. The topological polar surface area (TPSA) is 42.3 Å². The fraction of sp³-hybridized carbons (Fsp3) is 0.0294. The Bertz CT molecular complexity index is 1630. The number of nitrogens with zero attached hydrogens (tertiary/aromatic N) is 2. The van der Waals surface area contributed by atoms with Gasteiger partial charge in [0, 0.05) is 28.5 Å². The first kappa shape index (κ1) is 23.8. The molecule has 3 nitrogen and oxygen atoms in total. The number of aliphatic imine (C=N–C) groups is 1. The van der Waals surface area contributed by atoms with Crippen molar-refractivity contribution in [2.45, 2.75) is 6.92 Å². The predicted molar refractivity (Wildman–Crippen MR) is 154 cm³/mol. The second kappa shape index (κ2) is 10.4. The van der Waals surface area contributed by atoms with Crippen molar-refractivity contribution in [2.24, 2.45) is 4.99 Å². The van der Waals surface area contributed by atoms with Gasteiger partial charge in [0.15, 0.2) is 5.78 Å². The van der Waals surface area contributed by atoms with E-state index in [-0.39, 0.29) is 5.78 Å². The van der Waals surface area contributed by atoms with Crippen molar-refractivity contribution in [2.75, 3.05) is 0 Å². The second-order valence-corrected chi connectivity index (χ2v) is 8.98. The Morgan fingerprint density at radius 3 is 1.97 bits per heavy atom. The van der Waals surface area contributed by atoms with Crippen molar-refractivity contribution in [1.29, 1.82) is 0 Å². The lowest BCUT2D eigenvalue weighted by molar-refractivity contribution is 0.103. The van der Waals surface area contributed by atoms with E-state index < -0.39 is 0 Å². The molecule has 0 atom stereocenters. The number of benzene rings is 4. The number of ketones is 1. The van der Waals surface area contributed by atoms with Crippen LogP contribution < -0.4 is 0 Å². The minimum absolute atomic E-state index is 0.0130. The number of pyridine rings is 1. The average Bonchev–Trinajstić information content (AvgIpc) is 2.96. The number of aromatic nitrogens is 1. The Hall–Kier alpha value is -4.89. The number of carbonyl (C=O) groups is 1. The molecule has 3 heteroatoms. The Labute approximate surface area is 217 Å². The molecule has 0 fully saturated rings. The van der Waals surface area contributed by atoms with Crippen LogP contribution in [0.1, 0.15) is 27.0 Å². The molecule has 0 aliphatic carbocycles. The van der Waals surface area contributed by atoms with Crippen molar-refractivity contribution in [3.05, 3.63) is 144 Å². The van der Waals surface area contributed by atoms with E-state index in [2.05, 4.69) is 41.5 Å². The standard InChI is InChI=1S/C34H26N2O/c1-23-9-6-14-29(17-23)34(37)32-21-30(26-11-7-10-25(18-26)24(2)35-3)20-31(22-32)27-12-8-13-28(19-27)33-15-4-5-16-36-33/h4-22H,2-3H2,1H3. The first-order valence-corrected chi connectivity index (χ1v) is 12.1. The van der Waals surface area contributed by atoms with Gasteiger partial charge in [-0.2, -0.15) is 0 Å². The Balaban J connectivity index is 1.67. The van der Waals surface area contributed by atoms with Crippen LogP contribution in [0.3, 0.4) is 0 Å². The molecule has 0 saturated heterocycles. The molecule has 1 heterocycles. The quantitative estimate of drug-likeness (QED) is 0.174. The van der Waals surface area contributed by atoms with Crippen molar-refractivity contribution in [1.82, 2.24) is 4.98 Å². The van der Waals surface area contributed by atoms with Crippen molar-refractivity contribution < 1.29 is 4.79 Å². The minimum atomic E-state index is -0.0130. The van der Waals surface area contributed by atoms with Crippen LogP contribution in [0.2, 0.25) is 0 Å². The molecule has 37 heavy (non-hydrogen) atoms. The summed E-state index contributed by atoms with van der Waals surface area (Å²) in [5.41, 5.74) is 9.65. The van der Waals surface area contributed by atoms with Crippen LogP contribution in [-0.4, -0.2) is 17.5 Å². The summed E-state index contributed by atoms with van der Waals surface area (Å²) in [5.74, 6) is -0.0130. The molecule has 0 bridgehead atoms. The van der Waals surface area contributed by atoms with Gasteiger partial charge in [-0.15, -0.1) is 0 Å².